The molecule has 1 aromatic carbocycles. The van der Waals surface area contributed by atoms with E-state index in [9.17, 15) is 9.59 Å². The summed E-state index contributed by atoms with van der Waals surface area (Å²) in [6, 6.07) is 9.08. The van der Waals surface area contributed by atoms with Gasteiger partial charge in [0.05, 0.1) is 17.0 Å². The van der Waals surface area contributed by atoms with Crippen molar-refractivity contribution in [1.29, 1.82) is 0 Å². The van der Waals surface area contributed by atoms with Gasteiger partial charge in [-0.2, -0.15) is 0 Å². The van der Waals surface area contributed by atoms with Crippen LogP contribution in [0.15, 0.2) is 39.8 Å². The molecule has 1 aromatic heterocycles. The minimum Gasteiger partial charge on any atom is -0.452 e. The zero-order valence-corrected chi connectivity index (χ0v) is 18.6. The van der Waals surface area contributed by atoms with Crippen LogP contribution in [0.4, 0.5) is 0 Å². The van der Waals surface area contributed by atoms with E-state index in [1.165, 1.54) is 11.8 Å². The first-order valence-electron chi connectivity index (χ1n) is 9.85. The number of hydrogen-bond acceptors (Lipinski definition) is 6. The highest BCUT2D eigenvalue weighted by molar-refractivity contribution is 7.98. The summed E-state index contributed by atoms with van der Waals surface area (Å²) in [7, 11) is 0. The van der Waals surface area contributed by atoms with Gasteiger partial charge in [0.15, 0.2) is 6.61 Å². The number of nitrogens with zero attached hydrogens (tertiary/aromatic N) is 2. The van der Waals surface area contributed by atoms with Gasteiger partial charge in [-0.25, -0.2) is 4.79 Å². The van der Waals surface area contributed by atoms with Crippen LogP contribution in [0.5, 0.6) is 0 Å². The van der Waals surface area contributed by atoms with E-state index in [0.717, 1.165) is 16.3 Å². The molecule has 158 valence electrons. The Morgan fingerprint density at radius 2 is 1.79 bits per heavy atom. The highest BCUT2D eigenvalue weighted by atomic mass is 32.2. The van der Waals surface area contributed by atoms with Gasteiger partial charge in [0.2, 0.25) is 0 Å². The molecule has 1 amide bonds. The lowest BCUT2D eigenvalue weighted by Crippen LogP contribution is -2.39. The zero-order valence-electron chi connectivity index (χ0n) is 17.8. The maximum atomic E-state index is 12.6. The predicted molar refractivity (Wildman–Crippen MR) is 114 cm³/mol. The van der Waals surface area contributed by atoms with Crippen LogP contribution < -0.4 is 0 Å². The number of benzene rings is 1. The molecule has 0 aliphatic heterocycles. The SMILES string of the molecule is Cc1cc(CSc2ccccc2C(=O)OCC(=O)N(CC(C)C)CC(C)C)on1. The summed E-state index contributed by atoms with van der Waals surface area (Å²) >= 11 is 1.47. The van der Waals surface area contributed by atoms with Crippen molar-refractivity contribution in [3.05, 3.63) is 47.3 Å². The summed E-state index contributed by atoms with van der Waals surface area (Å²) in [5, 5.41) is 3.87. The Morgan fingerprint density at radius 1 is 1.14 bits per heavy atom. The second-order valence-electron chi connectivity index (χ2n) is 7.88. The molecule has 0 radical (unpaired) electrons. The smallest absolute Gasteiger partial charge is 0.339 e. The van der Waals surface area contributed by atoms with Crippen LogP contribution in [0.3, 0.4) is 0 Å². The Labute approximate surface area is 177 Å². The third-order valence-electron chi connectivity index (χ3n) is 4.00. The average molecular weight is 419 g/mol. The van der Waals surface area contributed by atoms with Crippen LogP contribution >= 0.6 is 11.8 Å². The number of esters is 1. The van der Waals surface area contributed by atoms with Gasteiger partial charge in [-0.15, -0.1) is 11.8 Å². The van der Waals surface area contributed by atoms with Gasteiger partial charge in [-0.3, -0.25) is 4.79 Å². The number of carbonyl (C=O) groups is 2. The number of thioether (sulfide) groups is 1. The summed E-state index contributed by atoms with van der Waals surface area (Å²) in [5.74, 6) is 1.34. The fourth-order valence-corrected chi connectivity index (χ4v) is 3.77. The zero-order chi connectivity index (χ0) is 21.4. The Kier molecular flexibility index (Phi) is 8.76. The van der Waals surface area contributed by atoms with E-state index in [0.29, 0.717) is 36.2 Å². The summed E-state index contributed by atoms with van der Waals surface area (Å²) in [6.45, 7) is 11.2. The van der Waals surface area contributed by atoms with E-state index in [2.05, 4.69) is 32.9 Å². The maximum Gasteiger partial charge on any atom is 0.339 e. The maximum absolute atomic E-state index is 12.6. The van der Waals surface area contributed by atoms with Crippen LogP contribution in [-0.2, 0) is 15.3 Å². The summed E-state index contributed by atoms with van der Waals surface area (Å²) in [6.07, 6.45) is 0. The van der Waals surface area contributed by atoms with Crippen LogP contribution in [0.25, 0.3) is 0 Å². The van der Waals surface area contributed by atoms with Crippen molar-refractivity contribution < 1.29 is 18.8 Å². The highest BCUT2D eigenvalue weighted by Crippen LogP contribution is 2.27. The van der Waals surface area contributed by atoms with Crippen LogP contribution in [0, 0.1) is 18.8 Å². The van der Waals surface area contributed by atoms with E-state index >= 15 is 0 Å². The molecule has 0 aliphatic rings. The molecule has 2 rings (SSSR count). The predicted octanol–water partition coefficient (Wildman–Crippen LogP) is 4.57. The summed E-state index contributed by atoms with van der Waals surface area (Å²) in [5.41, 5.74) is 1.26. The third-order valence-corrected chi connectivity index (χ3v) is 5.10. The molecule has 1 heterocycles. The molecule has 0 saturated carbocycles. The minimum atomic E-state index is -0.496. The van der Waals surface area contributed by atoms with Crippen LogP contribution in [-0.4, -0.2) is 41.6 Å². The normalized spacial score (nSPS) is 11.1. The van der Waals surface area contributed by atoms with Gasteiger partial charge in [-0.1, -0.05) is 45.0 Å². The minimum absolute atomic E-state index is 0.164. The Balaban J connectivity index is 1.98. The van der Waals surface area contributed by atoms with Crippen molar-refractivity contribution in [2.45, 2.75) is 45.3 Å². The van der Waals surface area contributed by atoms with Crippen molar-refractivity contribution in [3.63, 3.8) is 0 Å². The van der Waals surface area contributed by atoms with Gasteiger partial charge >= 0.3 is 5.97 Å². The Hall–Kier alpha value is -2.28. The molecule has 0 aliphatic carbocycles. The van der Waals surface area contributed by atoms with Crippen molar-refractivity contribution in [1.82, 2.24) is 10.1 Å². The number of aromatic nitrogens is 1. The van der Waals surface area contributed by atoms with Crippen molar-refractivity contribution >= 4 is 23.6 Å². The fourth-order valence-electron chi connectivity index (χ4n) is 2.85. The number of hydrogen-bond donors (Lipinski definition) is 0. The largest absolute Gasteiger partial charge is 0.452 e. The molecule has 29 heavy (non-hydrogen) atoms. The average Bonchev–Trinajstić information content (AvgIpc) is 3.08. The molecule has 0 saturated heterocycles. The van der Waals surface area contributed by atoms with E-state index in [1.54, 1.807) is 17.0 Å². The fraction of sp³-hybridized carbons (Fsp3) is 0.500. The highest BCUT2D eigenvalue weighted by Gasteiger charge is 2.20. The number of rotatable bonds is 10. The van der Waals surface area contributed by atoms with Crippen molar-refractivity contribution in [2.75, 3.05) is 19.7 Å². The molecule has 7 heteroatoms. The topological polar surface area (TPSA) is 72.6 Å². The molecule has 6 nitrogen and oxygen atoms in total. The Bertz CT molecular complexity index is 807. The van der Waals surface area contributed by atoms with Gasteiger partial charge in [-0.05, 0) is 30.9 Å². The first-order chi connectivity index (χ1) is 13.8. The number of ether oxygens (including phenoxy) is 1. The Morgan fingerprint density at radius 3 is 2.38 bits per heavy atom. The van der Waals surface area contributed by atoms with Crippen molar-refractivity contribution in [2.24, 2.45) is 11.8 Å². The molecule has 0 fully saturated rings. The second-order valence-corrected chi connectivity index (χ2v) is 8.90. The molecule has 0 bridgehead atoms. The van der Waals surface area contributed by atoms with Gasteiger partial charge in [0.1, 0.15) is 5.76 Å². The molecule has 2 aromatic rings. The monoisotopic (exact) mass is 418 g/mol. The molecule has 0 unspecified atom stereocenters. The summed E-state index contributed by atoms with van der Waals surface area (Å²) < 4.78 is 10.6. The molecular weight excluding hydrogens is 388 g/mol. The molecular formula is C22H30N2O4S. The van der Waals surface area contributed by atoms with Crippen molar-refractivity contribution in [3.8, 4) is 0 Å². The first-order valence-corrected chi connectivity index (χ1v) is 10.8. The lowest BCUT2D eigenvalue weighted by molar-refractivity contribution is -0.135. The van der Waals surface area contributed by atoms with E-state index in [-0.39, 0.29) is 12.5 Å². The lowest BCUT2D eigenvalue weighted by Gasteiger charge is -2.26. The number of aryl methyl sites for hydroxylation is 1. The van der Waals surface area contributed by atoms with E-state index < -0.39 is 5.97 Å². The molecule has 0 atom stereocenters. The molecule has 0 spiro atoms. The van der Waals surface area contributed by atoms with E-state index in [1.807, 2.05) is 25.1 Å². The standard InChI is InChI=1S/C22H30N2O4S/c1-15(2)11-24(12-16(3)4)21(25)13-27-22(26)19-8-6-7-9-20(19)29-14-18-10-17(5)23-28-18/h6-10,15-16H,11-14H2,1-5H3. The lowest BCUT2D eigenvalue weighted by atomic mass is 10.1. The molecule has 0 N–H and O–H groups in total. The van der Waals surface area contributed by atoms with E-state index in [4.69, 9.17) is 9.26 Å². The number of amides is 1. The summed E-state index contributed by atoms with van der Waals surface area (Å²) in [4.78, 5) is 27.7. The van der Waals surface area contributed by atoms with Crippen LogP contribution in [0.1, 0.15) is 49.5 Å². The second kappa shape index (κ2) is 11.0. The quantitative estimate of drug-likeness (QED) is 0.416. The third kappa shape index (κ3) is 7.57. The first kappa shape index (κ1) is 23.0. The van der Waals surface area contributed by atoms with Crippen LogP contribution in [0.2, 0.25) is 0 Å². The van der Waals surface area contributed by atoms with Gasteiger partial charge in [0.25, 0.3) is 5.91 Å². The van der Waals surface area contributed by atoms with Gasteiger partial charge < -0.3 is 14.2 Å². The number of carbonyl (C=O) groups excluding carboxylic acids is 2. The van der Waals surface area contributed by atoms with Gasteiger partial charge in [0, 0.05) is 24.1 Å².